The number of benzene rings is 3. The maximum absolute atomic E-state index is 13.2. The highest BCUT2D eigenvalue weighted by Gasteiger charge is 2.31. The lowest BCUT2D eigenvalue weighted by Crippen LogP contribution is -2.38. The van der Waals surface area contributed by atoms with E-state index in [0.29, 0.717) is 37.2 Å². The molecule has 1 aliphatic rings. The number of anilines is 1. The van der Waals surface area contributed by atoms with E-state index in [1.165, 1.54) is 4.31 Å². The van der Waals surface area contributed by atoms with Gasteiger partial charge in [-0.2, -0.15) is 4.31 Å². The van der Waals surface area contributed by atoms with Crippen molar-refractivity contribution in [2.45, 2.75) is 30.6 Å². The zero-order valence-electron chi connectivity index (χ0n) is 18.9. The third-order valence-corrected chi connectivity index (χ3v) is 8.19. The van der Waals surface area contributed by atoms with Crippen LogP contribution in [0.3, 0.4) is 0 Å². The van der Waals surface area contributed by atoms with Gasteiger partial charge >= 0.3 is 0 Å². The van der Waals surface area contributed by atoms with Crippen LogP contribution in [0.25, 0.3) is 11.0 Å². The van der Waals surface area contributed by atoms with Crippen LogP contribution in [0.5, 0.6) is 0 Å². The Kier molecular flexibility index (Phi) is 5.93. The van der Waals surface area contributed by atoms with Gasteiger partial charge in [-0.3, -0.25) is 4.79 Å². The highest BCUT2D eigenvalue weighted by Crippen LogP contribution is 2.30. The number of nitrogens with one attached hydrogen (secondary N) is 2. The van der Waals surface area contributed by atoms with E-state index in [1.807, 2.05) is 49.4 Å². The summed E-state index contributed by atoms with van der Waals surface area (Å²) in [5.41, 5.74) is 4.04. The summed E-state index contributed by atoms with van der Waals surface area (Å²) in [5, 5.41) is 2.82. The molecular weight excluding hydrogens is 448 g/mol. The number of carbonyl (C=O) groups excluding carboxylic acids is 1. The third kappa shape index (κ3) is 4.47. The Balaban J connectivity index is 1.23. The van der Waals surface area contributed by atoms with E-state index < -0.39 is 10.0 Å². The lowest BCUT2D eigenvalue weighted by Gasteiger charge is -2.30. The Morgan fingerprint density at radius 2 is 1.74 bits per heavy atom. The number of fused-ring (bicyclic) bond motifs is 1. The molecule has 0 radical (unpaired) electrons. The standard InChI is InChI=1S/C26H26N4O3S/c1-18-5-4-6-20(17-18)26(31)27-21-9-11-22(12-10-21)34(32,33)30-15-13-19(14-16-30)25-28-23-7-2-3-8-24(23)29-25/h2-12,17,19H,13-16H2,1H3,(H,27,31)(H,28,29). The van der Waals surface area contributed by atoms with Gasteiger partial charge in [-0.05, 0) is 68.3 Å². The summed E-state index contributed by atoms with van der Waals surface area (Å²) >= 11 is 0. The molecule has 0 bridgehead atoms. The van der Waals surface area contributed by atoms with Crippen molar-refractivity contribution in [3.63, 3.8) is 0 Å². The minimum absolute atomic E-state index is 0.207. The van der Waals surface area contributed by atoms with Gasteiger partial charge in [0.15, 0.2) is 0 Å². The average Bonchev–Trinajstić information content (AvgIpc) is 3.29. The minimum Gasteiger partial charge on any atom is -0.342 e. The molecule has 4 aromatic rings. The molecule has 7 nitrogen and oxygen atoms in total. The van der Waals surface area contributed by atoms with Gasteiger partial charge < -0.3 is 10.3 Å². The topological polar surface area (TPSA) is 95.2 Å². The molecule has 0 aliphatic carbocycles. The number of carbonyl (C=O) groups is 1. The summed E-state index contributed by atoms with van der Waals surface area (Å²) in [6, 6.07) is 21.6. The molecule has 1 aromatic heterocycles. The molecule has 2 N–H and O–H groups in total. The Morgan fingerprint density at radius 3 is 2.44 bits per heavy atom. The number of para-hydroxylation sites is 2. The van der Waals surface area contributed by atoms with Gasteiger partial charge in [0.05, 0.1) is 15.9 Å². The molecule has 1 fully saturated rings. The van der Waals surface area contributed by atoms with Crippen molar-refractivity contribution in [3.05, 3.63) is 89.7 Å². The summed E-state index contributed by atoms with van der Waals surface area (Å²) in [6.45, 7) is 2.81. The average molecular weight is 475 g/mol. The molecule has 8 heteroatoms. The summed E-state index contributed by atoms with van der Waals surface area (Å²) in [7, 11) is -3.61. The third-order valence-electron chi connectivity index (χ3n) is 6.28. The quantitative estimate of drug-likeness (QED) is 0.439. The van der Waals surface area contributed by atoms with Crippen LogP contribution < -0.4 is 5.32 Å². The van der Waals surface area contributed by atoms with Gasteiger partial charge in [0.1, 0.15) is 5.82 Å². The normalized spacial score (nSPS) is 15.4. The Labute approximate surface area is 198 Å². The van der Waals surface area contributed by atoms with Crippen LogP contribution in [-0.2, 0) is 10.0 Å². The van der Waals surface area contributed by atoms with Gasteiger partial charge in [-0.15, -0.1) is 0 Å². The van der Waals surface area contributed by atoms with Crippen LogP contribution in [0, 0.1) is 6.92 Å². The molecule has 0 unspecified atom stereocenters. The molecule has 1 amide bonds. The molecule has 1 saturated heterocycles. The van der Waals surface area contributed by atoms with E-state index in [-0.39, 0.29) is 16.7 Å². The first-order valence-electron chi connectivity index (χ1n) is 11.3. The summed E-state index contributed by atoms with van der Waals surface area (Å²) in [5.74, 6) is 0.900. The first-order valence-corrected chi connectivity index (χ1v) is 12.8. The zero-order valence-corrected chi connectivity index (χ0v) is 19.7. The lowest BCUT2D eigenvalue weighted by atomic mass is 9.97. The fourth-order valence-electron chi connectivity index (χ4n) is 4.38. The monoisotopic (exact) mass is 474 g/mol. The van der Waals surface area contributed by atoms with E-state index in [4.69, 9.17) is 0 Å². The number of aromatic amines is 1. The van der Waals surface area contributed by atoms with Gasteiger partial charge in [0.2, 0.25) is 10.0 Å². The Morgan fingerprint density at radius 1 is 1.00 bits per heavy atom. The van der Waals surface area contributed by atoms with Gasteiger partial charge in [-0.1, -0.05) is 29.8 Å². The number of piperidine rings is 1. The van der Waals surface area contributed by atoms with Crippen LogP contribution in [0.4, 0.5) is 5.69 Å². The number of sulfonamides is 1. The second-order valence-corrected chi connectivity index (χ2v) is 10.6. The van der Waals surface area contributed by atoms with E-state index in [1.54, 1.807) is 30.3 Å². The maximum atomic E-state index is 13.2. The smallest absolute Gasteiger partial charge is 0.255 e. The van der Waals surface area contributed by atoms with Crippen molar-refractivity contribution >= 4 is 32.7 Å². The van der Waals surface area contributed by atoms with E-state index in [2.05, 4.69) is 15.3 Å². The molecule has 0 atom stereocenters. The van der Waals surface area contributed by atoms with Crippen molar-refractivity contribution in [3.8, 4) is 0 Å². The number of imidazole rings is 1. The molecule has 0 spiro atoms. The van der Waals surface area contributed by atoms with E-state index in [9.17, 15) is 13.2 Å². The van der Waals surface area contributed by atoms with Gasteiger partial charge in [0.25, 0.3) is 5.91 Å². The number of aromatic nitrogens is 2. The number of hydrogen-bond acceptors (Lipinski definition) is 4. The second kappa shape index (κ2) is 9.04. The molecule has 34 heavy (non-hydrogen) atoms. The molecule has 0 saturated carbocycles. The molecule has 174 valence electrons. The van der Waals surface area contributed by atoms with E-state index in [0.717, 1.165) is 22.4 Å². The lowest BCUT2D eigenvalue weighted by molar-refractivity contribution is 0.102. The largest absolute Gasteiger partial charge is 0.342 e. The molecule has 5 rings (SSSR count). The number of H-pyrrole nitrogens is 1. The summed E-state index contributed by atoms with van der Waals surface area (Å²) in [6.07, 6.45) is 1.42. The number of hydrogen-bond donors (Lipinski definition) is 2. The van der Waals surface area contributed by atoms with Crippen LogP contribution in [0.2, 0.25) is 0 Å². The van der Waals surface area contributed by atoms with Crippen LogP contribution in [0.15, 0.2) is 77.7 Å². The van der Waals surface area contributed by atoms with Crippen LogP contribution in [-0.4, -0.2) is 41.7 Å². The number of aryl methyl sites for hydroxylation is 1. The number of nitrogens with zero attached hydrogens (tertiary/aromatic N) is 2. The van der Waals surface area contributed by atoms with Crippen molar-refractivity contribution < 1.29 is 13.2 Å². The highest BCUT2D eigenvalue weighted by molar-refractivity contribution is 7.89. The fraction of sp³-hybridized carbons (Fsp3) is 0.231. The van der Waals surface area contributed by atoms with E-state index >= 15 is 0 Å². The predicted molar refractivity (Wildman–Crippen MR) is 132 cm³/mol. The van der Waals surface area contributed by atoms with Crippen molar-refractivity contribution in [1.82, 2.24) is 14.3 Å². The summed E-state index contributed by atoms with van der Waals surface area (Å²) in [4.78, 5) is 20.7. The molecule has 2 heterocycles. The molecule has 3 aromatic carbocycles. The van der Waals surface area contributed by atoms with Gasteiger partial charge in [0, 0.05) is 30.3 Å². The highest BCUT2D eigenvalue weighted by atomic mass is 32.2. The van der Waals surface area contributed by atoms with Crippen LogP contribution in [0.1, 0.15) is 40.5 Å². The Hall–Kier alpha value is -3.49. The zero-order chi connectivity index (χ0) is 23.7. The van der Waals surface area contributed by atoms with Crippen molar-refractivity contribution in [2.24, 2.45) is 0 Å². The van der Waals surface area contributed by atoms with Crippen molar-refractivity contribution in [2.75, 3.05) is 18.4 Å². The minimum atomic E-state index is -3.61. The second-order valence-electron chi connectivity index (χ2n) is 8.67. The number of amides is 1. The molecular formula is C26H26N4O3S. The maximum Gasteiger partial charge on any atom is 0.255 e. The predicted octanol–water partition coefficient (Wildman–Crippen LogP) is 4.69. The number of rotatable bonds is 5. The SMILES string of the molecule is Cc1cccc(C(=O)Nc2ccc(S(=O)(=O)N3CCC(c4nc5ccccc5[nH]4)CC3)cc2)c1. The first-order chi connectivity index (χ1) is 16.4. The van der Waals surface area contributed by atoms with Gasteiger partial charge in [-0.25, -0.2) is 13.4 Å². The first kappa shape index (κ1) is 22.3. The van der Waals surface area contributed by atoms with Crippen LogP contribution >= 0.6 is 0 Å². The molecule has 1 aliphatic heterocycles. The Bertz CT molecular complexity index is 1400. The fourth-order valence-corrected chi connectivity index (χ4v) is 5.85. The van der Waals surface area contributed by atoms with Crippen molar-refractivity contribution in [1.29, 1.82) is 0 Å². The summed E-state index contributed by atoms with van der Waals surface area (Å²) < 4.78 is 27.9.